The summed E-state index contributed by atoms with van der Waals surface area (Å²) in [5.74, 6) is -1.36. The van der Waals surface area contributed by atoms with E-state index >= 15 is 0 Å². The van der Waals surface area contributed by atoms with Crippen LogP contribution in [-0.4, -0.2) is 30.3 Å². The van der Waals surface area contributed by atoms with Crippen molar-refractivity contribution in [2.45, 2.75) is 12.5 Å². The van der Waals surface area contributed by atoms with Crippen LogP contribution in [0.3, 0.4) is 0 Å². The van der Waals surface area contributed by atoms with Gasteiger partial charge in [-0.15, -0.1) is 0 Å². The second-order valence-corrected chi connectivity index (χ2v) is 2.47. The van der Waals surface area contributed by atoms with E-state index in [2.05, 4.69) is 0 Å². The highest BCUT2D eigenvalue weighted by Crippen LogP contribution is 2.12. The Labute approximate surface area is 59.0 Å². The van der Waals surface area contributed by atoms with Gasteiger partial charge in [-0.05, 0) is 6.42 Å². The van der Waals surface area contributed by atoms with E-state index in [1.807, 2.05) is 0 Å². The molecule has 0 saturated carbocycles. The Bertz CT molecular complexity index is 137. The first kappa shape index (κ1) is 7.50. The highest BCUT2D eigenvalue weighted by Gasteiger charge is 2.28. The maximum absolute atomic E-state index is 10.4. The van der Waals surface area contributed by atoms with E-state index < -0.39 is 11.9 Å². The van der Waals surface area contributed by atoms with E-state index in [-0.39, 0.29) is 12.6 Å². The van der Waals surface area contributed by atoms with Crippen molar-refractivity contribution in [3.63, 3.8) is 0 Å². The molecule has 0 aromatic heterocycles. The fourth-order valence-corrected chi connectivity index (χ4v) is 1.01. The summed E-state index contributed by atoms with van der Waals surface area (Å²) in [5.41, 5.74) is 5.52. The smallest absolute Gasteiger partial charge is 0.310 e. The Hall–Kier alpha value is -0.610. The molecule has 2 unspecified atom stereocenters. The molecule has 2 atom stereocenters. The molecule has 0 bridgehead atoms. The lowest BCUT2D eigenvalue weighted by molar-refractivity contribution is -0.146. The maximum Gasteiger partial charge on any atom is 0.310 e. The summed E-state index contributed by atoms with van der Waals surface area (Å²) in [5, 5.41) is 8.55. The summed E-state index contributed by atoms with van der Waals surface area (Å²) >= 11 is 0. The molecule has 0 spiro atoms. The van der Waals surface area contributed by atoms with Gasteiger partial charge in [-0.25, -0.2) is 0 Å². The Morgan fingerprint density at radius 1 is 1.70 bits per heavy atom. The van der Waals surface area contributed by atoms with Crippen LogP contribution >= 0.6 is 0 Å². The first-order valence-corrected chi connectivity index (χ1v) is 3.28. The Kier molecular flexibility index (Phi) is 2.24. The van der Waals surface area contributed by atoms with E-state index in [0.717, 1.165) is 0 Å². The molecular formula is C6H11NO3. The van der Waals surface area contributed by atoms with Crippen molar-refractivity contribution in [2.75, 3.05) is 13.2 Å². The number of hydrogen-bond donors (Lipinski definition) is 2. The van der Waals surface area contributed by atoms with Crippen LogP contribution in [-0.2, 0) is 9.53 Å². The maximum atomic E-state index is 10.4. The first-order valence-electron chi connectivity index (χ1n) is 3.28. The molecular weight excluding hydrogens is 134 g/mol. The van der Waals surface area contributed by atoms with Gasteiger partial charge < -0.3 is 15.6 Å². The van der Waals surface area contributed by atoms with E-state index in [1.54, 1.807) is 0 Å². The number of carbonyl (C=O) groups is 1. The van der Waals surface area contributed by atoms with Gasteiger partial charge in [0.25, 0.3) is 0 Å². The first-order chi connectivity index (χ1) is 4.72. The van der Waals surface area contributed by atoms with Gasteiger partial charge in [0.1, 0.15) is 0 Å². The zero-order valence-electron chi connectivity index (χ0n) is 5.62. The number of rotatable bonds is 1. The van der Waals surface area contributed by atoms with Crippen LogP contribution < -0.4 is 5.73 Å². The Morgan fingerprint density at radius 3 is 2.80 bits per heavy atom. The number of ether oxygens (including phenoxy) is 1. The van der Waals surface area contributed by atoms with Gasteiger partial charge in [0, 0.05) is 12.6 Å². The van der Waals surface area contributed by atoms with Crippen LogP contribution in [0.4, 0.5) is 0 Å². The van der Waals surface area contributed by atoms with Crippen molar-refractivity contribution in [1.82, 2.24) is 0 Å². The van der Waals surface area contributed by atoms with Gasteiger partial charge in [-0.3, -0.25) is 4.79 Å². The molecule has 1 aliphatic rings. The number of carboxylic acid groups (broad SMARTS) is 1. The molecule has 0 aromatic carbocycles. The lowest BCUT2D eigenvalue weighted by Gasteiger charge is -2.24. The standard InChI is InChI=1S/C6H11NO3/c7-5-1-2-10-3-4(5)6(8)9/h4-5H,1-3,7H2,(H,8,9). The van der Waals surface area contributed by atoms with Crippen LogP contribution in [0.5, 0.6) is 0 Å². The zero-order chi connectivity index (χ0) is 7.56. The summed E-state index contributed by atoms with van der Waals surface area (Å²) in [7, 11) is 0. The summed E-state index contributed by atoms with van der Waals surface area (Å²) in [6.07, 6.45) is 0.650. The van der Waals surface area contributed by atoms with Gasteiger partial charge in [0.2, 0.25) is 0 Å². The average Bonchev–Trinajstić information content (AvgIpc) is 1.88. The van der Waals surface area contributed by atoms with Crippen LogP contribution in [0.1, 0.15) is 6.42 Å². The molecule has 4 nitrogen and oxygen atoms in total. The monoisotopic (exact) mass is 145 g/mol. The van der Waals surface area contributed by atoms with Crippen LogP contribution in [0.25, 0.3) is 0 Å². The van der Waals surface area contributed by atoms with Gasteiger partial charge in [-0.2, -0.15) is 0 Å². The second-order valence-electron chi connectivity index (χ2n) is 2.47. The number of carboxylic acids is 1. The van der Waals surface area contributed by atoms with E-state index in [9.17, 15) is 4.79 Å². The van der Waals surface area contributed by atoms with Crippen molar-refractivity contribution in [2.24, 2.45) is 11.7 Å². The normalized spacial score (nSPS) is 33.7. The van der Waals surface area contributed by atoms with E-state index in [0.29, 0.717) is 13.0 Å². The third kappa shape index (κ3) is 1.46. The van der Waals surface area contributed by atoms with Crippen LogP contribution in [0, 0.1) is 5.92 Å². The number of hydrogen-bond acceptors (Lipinski definition) is 3. The van der Waals surface area contributed by atoms with Crippen LogP contribution in [0.2, 0.25) is 0 Å². The molecule has 58 valence electrons. The van der Waals surface area contributed by atoms with Crippen LogP contribution in [0.15, 0.2) is 0 Å². The molecule has 4 heteroatoms. The van der Waals surface area contributed by atoms with E-state index in [1.165, 1.54) is 0 Å². The largest absolute Gasteiger partial charge is 0.481 e. The van der Waals surface area contributed by atoms with E-state index in [4.69, 9.17) is 15.6 Å². The quantitative estimate of drug-likeness (QED) is 0.518. The Balaban J connectivity index is 2.47. The summed E-state index contributed by atoms with van der Waals surface area (Å²) < 4.78 is 4.95. The fraction of sp³-hybridized carbons (Fsp3) is 0.833. The third-order valence-corrected chi connectivity index (χ3v) is 1.73. The topological polar surface area (TPSA) is 72.5 Å². The van der Waals surface area contributed by atoms with Gasteiger partial charge in [-0.1, -0.05) is 0 Å². The predicted molar refractivity (Wildman–Crippen MR) is 34.5 cm³/mol. The number of aliphatic carboxylic acids is 1. The molecule has 1 aliphatic heterocycles. The summed E-state index contributed by atoms with van der Waals surface area (Å²) in [6.45, 7) is 0.849. The molecule has 0 aromatic rings. The molecule has 0 aliphatic carbocycles. The van der Waals surface area contributed by atoms with Gasteiger partial charge in [0.15, 0.2) is 0 Å². The van der Waals surface area contributed by atoms with Crippen molar-refractivity contribution < 1.29 is 14.6 Å². The molecule has 0 radical (unpaired) electrons. The fourth-order valence-electron chi connectivity index (χ4n) is 1.01. The summed E-state index contributed by atoms with van der Waals surface area (Å²) in [4.78, 5) is 10.4. The molecule has 10 heavy (non-hydrogen) atoms. The molecule has 1 heterocycles. The zero-order valence-corrected chi connectivity index (χ0v) is 5.62. The lowest BCUT2D eigenvalue weighted by Crippen LogP contribution is -2.42. The molecule has 1 rings (SSSR count). The van der Waals surface area contributed by atoms with Gasteiger partial charge in [0.05, 0.1) is 12.5 Å². The minimum Gasteiger partial charge on any atom is -0.481 e. The van der Waals surface area contributed by atoms with Crippen molar-refractivity contribution in [3.05, 3.63) is 0 Å². The third-order valence-electron chi connectivity index (χ3n) is 1.73. The SMILES string of the molecule is NC1CCOCC1C(=O)O. The average molecular weight is 145 g/mol. The highest BCUT2D eigenvalue weighted by molar-refractivity contribution is 5.71. The van der Waals surface area contributed by atoms with Crippen molar-refractivity contribution >= 4 is 5.97 Å². The molecule has 1 saturated heterocycles. The van der Waals surface area contributed by atoms with Crippen molar-refractivity contribution in [3.8, 4) is 0 Å². The predicted octanol–water partition coefficient (Wildman–Crippen LogP) is -0.565. The minimum atomic E-state index is -0.854. The number of nitrogens with two attached hydrogens (primary N) is 1. The molecule has 3 N–H and O–H groups in total. The molecule has 0 amide bonds. The highest BCUT2D eigenvalue weighted by atomic mass is 16.5. The second kappa shape index (κ2) is 2.98. The lowest BCUT2D eigenvalue weighted by atomic mass is 9.97. The van der Waals surface area contributed by atoms with Crippen molar-refractivity contribution in [1.29, 1.82) is 0 Å². The minimum absolute atomic E-state index is 0.230. The molecule has 1 fully saturated rings. The van der Waals surface area contributed by atoms with Gasteiger partial charge >= 0.3 is 5.97 Å². The Morgan fingerprint density at radius 2 is 2.40 bits per heavy atom. The summed E-state index contributed by atoms with van der Waals surface area (Å²) in [6, 6.07) is -0.230.